The van der Waals surface area contributed by atoms with Gasteiger partial charge in [-0.05, 0) is 25.7 Å². The van der Waals surface area contributed by atoms with Gasteiger partial charge in [-0.3, -0.25) is 15.3 Å². The zero-order valence-electron chi connectivity index (χ0n) is 9.78. The van der Waals surface area contributed by atoms with Crippen LogP contribution in [0, 0.1) is 0 Å². The van der Waals surface area contributed by atoms with Crippen molar-refractivity contribution in [2.45, 2.75) is 38.0 Å². The molecule has 0 radical (unpaired) electrons. The number of aromatic nitrogens is 3. The molecule has 1 aliphatic heterocycles. The van der Waals surface area contributed by atoms with Gasteiger partial charge in [0.2, 0.25) is 5.82 Å². The number of aromatic amines is 1. The van der Waals surface area contributed by atoms with Crippen molar-refractivity contribution in [3.8, 4) is 0 Å². The van der Waals surface area contributed by atoms with Crippen LogP contribution in [0.15, 0.2) is 0 Å². The lowest BCUT2D eigenvalue weighted by Crippen LogP contribution is -2.45. The van der Waals surface area contributed by atoms with E-state index in [1.54, 1.807) is 0 Å². The van der Waals surface area contributed by atoms with E-state index in [0.717, 1.165) is 44.6 Å². The molecule has 0 unspecified atom stereocenters. The highest BCUT2D eigenvalue weighted by atomic mass is 16.2. The van der Waals surface area contributed by atoms with E-state index >= 15 is 0 Å². The summed E-state index contributed by atoms with van der Waals surface area (Å²) in [5.74, 6) is 1.42. The third kappa shape index (κ3) is 2.46. The Morgan fingerprint density at radius 3 is 2.76 bits per heavy atom. The number of H-pyrrole nitrogens is 1. The van der Waals surface area contributed by atoms with Gasteiger partial charge in [-0.2, -0.15) is 0 Å². The van der Waals surface area contributed by atoms with Crippen LogP contribution in [0.25, 0.3) is 0 Å². The van der Waals surface area contributed by atoms with Crippen molar-refractivity contribution in [1.29, 1.82) is 0 Å². The molecule has 3 rings (SSSR count). The van der Waals surface area contributed by atoms with E-state index in [4.69, 9.17) is 0 Å². The van der Waals surface area contributed by atoms with E-state index in [1.807, 2.05) is 5.01 Å². The topological polar surface area (TPSA) is 73.9 Å². The lowest BCUT2D eigenvalue weighted by molar-refractivity contribution is 0.0739. The van der Waals surface area contributed by atoms with E-state index in [9.17, 15) is 4.79 Å². The van der Waals surface area contributed by atoms with Gasteiger partial charge in [0, 0.05) is 19.0 Å². The van der Waals surface area contributed by atoms with Crippen LogP contribution < -0.4 is 5.43 Å². The van der Waals surface area contributed by atoms with Crippen LogP contribution in [0.1, 0.15) is 54.5 Å². The Morgan fingerprint density at radius 2 is 2.06 bits per heavy atom. The Morgan fingerprint density at radius 1 is 1.29 bits per heavy atom. The van der Waals surface area contributed by atoms with Crippen molar-refractivity contribution < 1.29 is 4.79 Å². The van der Waals surface area contributed by atoms with Gasteiger partial charge in [-0.15, -0.1) is 5.10 Å². The Balaban J connectivity index is 1.59. The van der Waals surface area contributed by atoms with Crippen LogP contribution in [0.3, 0.4) is 0 Å². The number of rotatable bonds is 3. The van der Waals surface area contributed by atoms with Crippen molar-refractivity contribution in [3.05, 3.63) is 11.6 Å². The summed E-state index contributed by atoms with van der Waals surface area (Å²) in [6.07, 6.45) is 5.84. The SMILES string of the molecule is O=C(NN1CCCCC1)c1n[nH]c(C2CC2)n1. The molecule has 17 heavy (non-hydrogen) atoms. The third-order valence-electron chi connectivity index (χ3n) is 3.29. The predicted octanol–water partition coefficient (Wildman–Crippen LogP) is 0.813. The summed E-state index contributed by atoms with van der Waals surface area (Å²) in [6, 6.07) is 0. The molecular weight excluding hydrogens is 218 g/mol. The fourth-order valence-corrected chi connectivity index (χ4v) is 2.11. The summed E-state index contributed by atoms with van der Waals surface area (Å²) >= 11 is 0. The molecule has 1 saturated carbocycles. The van der Waals surface area contributed by atoms with Crippen LogP contribution in [0.4, 0.5) is 0 Å². The van der Waals surface area contributed by atoms with Crippen molar-refractivity contribution in [1.82, 2.24) is 25.6 Å². The molecule has 2 fully saturated rings. The van der Waals surface area contributed by atoms with E-state index in [2.05, 4.69) is 20.6 Å². The first-order valence-corrected chi connectivity index (χ1v) is 6.31. The number of carbonyl (C=O) groups excluding carboxylic acids is 1. The maximum atomic E-state index is 11.9. The van der Waals surface area contributed by atoms with Gasteiger partial charge in [0.05, 0.1) is 0 Å². The fraction of sp³-hybridized carbons (Fsp3) is 0.727. The molecule has 1 amide bonds. The maximum absolute atomic E-state index is 11.9. The quantitative estimate of drug-likeness (QED) is 0.813. The number of nitrogens with one attached hydrogen (secondary N) is 2. The highest BCUT2D eigenvalue weighted by Crippen LogP contribution is 2.37. The van der Waals surface area contributed by atoms with Gasteiger partial charge < -0.3 is 0 Å². The standard InChI is InChI=1S/C11H17N5O/c17-11(15-16-6-2-1-3-7-16)10-12-9(13-14-10)8-4-5-8/h8H,1-7H2,(H,15,17)(H,12,13,14). The summed E-state index contributed by atoms with van der Waals surface area (Å²) < 4.78 is 0. The van der Waals surface area contributed by atoms with Gasteiger partial charge in [0.25, 0.3) is 0 Å². The first kappa shape index (κ1) is 10.7. The van der Waals surface area contributed by atoms with Gasteiger partial charge in [0.15, 0.2) is 0 Å². The monoisotopic (exact) mass is 235 g/mol. The Hall–Kier alpha value is -1.43. The van der Waals surface area contributed by atoms with E-state index in [-0.39, 0.29) is 11.7 Å². The van der Waals surface area contributed by atoms with Crippen LogP contribution in [-0.4, -0.2) is 39.2 Å². The van der Waals surface area contributed by atoms with Gasteiger partial charge >= 0.3 is 5.91 Å². The van der Waals surface area contributed by atoms with E-state index in [0.29, 0.717) is 5.92 Å². The molecule has 0 spiro atoms. The molecule has 6 heteroatoms. The Labute approximate surface area is 99.8 Å². The fourth-order valence-electron chi connectivity index (χ4n) is 2.11. The highest BCUT2D eigenvalue weighted by Gasteiger charge is 2.28. The summed E-state index contributed by atoms with van der Waals surface area (Å²) in [6.45, 7) is 1.84. The largest absolute Gasteiger partial charge is 0.305 e. The summed E-state index contributed by atoms with van der Waals surface area (Å²) in [5, 5.41) is 8.77. The van der Waals surface area contributed by atoms with Crippen LogP contribution in [-0.2, 0) is 0 Å². The van der Waals surface area contributed by atoms with Gasteiger partial charge in [-0.1, -0.05) is 6.42 Å². The molecule has 0 atom stereocenters. The zero-order valence-corrected chi connectivity index (χ0v) is 9.78. The molecule has 92 valence electrons. The van der Waals surface area contributed by atoms with Crippen LogP contribution >= 0.6 is 0 Å². The summed E-state index contributed by atoms with van der Waals surface area (Å²) in [7, 11) is 0. The first-order chi connectivity index (χ1) is 8.33. The minimum absolute atomic E-state index is 0.199. The Kier molecular flexibility index (Phi) is 2.80. The number of nitrogens with zero attached hydrogens (tertiary/aromatic N) is 3. The lowest BCUT2D eigenvalue weighted by Gasteiger charge is -2.26. The maximum Gasteiger partial charge on any atom is 0.305 e. The van der Waals surface area contributed by atoms with Crippen molar-refractivity contribution in [2.75, 3.05) is 13.1 Å². The van der Waals surface area contributed by atoms with Gasteiger partial charge in [0.1, 0.15) is 5.82 Å². The van der Waals surface area contributed by atoms with Crippen molar-refractivity contribution in [3.63, 3.8) is 0 Å². The minimum Gasteiger partial charge on any atom is -0.282 e. The van der Waals surface area contributed by atoms with Crippen LogP contribution in [0.5, 0.6) is 0 Å². The summed E-state index contributed by atoms with van der Waals surface area (Å²) in [5.41, 5.74) is 2.86. The van der Waals surface area contributed by atoms with Crippen LogP contribution in [0.2, 0.25) is 0 Å². The molecular formula is C11H17N5O. The first-order valence-electron chi connectivity index (χ1n) is 6.31. The number of hydrogen-bond donors (Lipinski definition) is 2. The molecule has 1 saturated heterocycles. The Bertz CT molecular complexity index is 406. The van der Waals surface area contributed by atoms with E-state index < -0.39 is 0 Å². The second kappa shape index (κ2) is 4.44. The average molecular weight is 235 g/mol. The highest BCUT2D eigenvalue weighted by molar-refractivity contribution is 5.89. The number of hydrazine groups is 1. The predicted molar refractivity (Wildman–Crippen MR) is 61.2 cm³/mol. The zero-order chi connectivity index (χ0) is 11.7. The second-order valence-electron chi connectivity index (χ2n) is 4.81. The molecule has 1 aromatic heterocycles. The van der Waals surface area contributed by atoms with Crippen molar-refractivity contribution >= 4 is 5.91 Å². The summed E-state index contributed by atoms with van der Waals surface area (Å²) in [4.78, 5) is 16.1. The van der Waals surface area contributed by atoms with Gasteiger partial charge in [-0.25, -0.2) is 9.99 Å². The minimum atomic E-state index is -0.199. The molecule has 0 aromatic carbocycles. The number of piperidine rings is 1. The third-order valence-corrected chi connectivity index (χ3v) is 3.29. The lowest BCUT2D eigenvalue weighted by atomic mass is 10.2. The molecule has 0 bridgehead atoms. The molecule has 6 nitrogen and oxygen atoms in total. The smallest absolute Gasteiger partial charge is 0.282 e. The molecule has 2 N–H and O–H groups in total. The number of hydrogen-bond acceptors (Lipinski definition) is 4. The average Bonchev–Trinajstić information content (AvgIpc) is 3.08. The molecule has 2 heterocycles. The molecule has 2 aliphatic rings. The number of carbonyl (C=O) groups is 1. The van der Waals surface area contributed by atoms with Crippen molar-refractivity contribution in [2.24, 2.45) is 0 Å². The van der Waals surface area contributed by atoms with E-state index in [1.165, 1.54) is 6.42 Å². The molecule has 1 aromatic rings. The normalized spacial score (nSPS) is 21.4. The molecule has 1 aliphatic carbocycles. The second-order valence-corrected chi connectivity index (χ2v) is 4.81. The number of amides is 1.